The fourth-order valence-corrected chi connectivity index (χ4v) is 7.01. The fraction of sp³-hybridized carbons (Fsp3) is 0.438. The lowest BCUT2D eigenvalue weighted by Crippen LogP contribution is -2.61. The second kappa shape index (κ2) is 14.9. The fourth-order valence-electron chi connectivity index (χ4n) is 5.70. The minimum atomic E-state index is -1.66. The molecule has 0 bridgehead atoms. The van der Waals surface area contributed by atoms with Crippen LogP contribution in [0.4, 0.5) is 8.78 Å². The van der Waals surface area contributed by atoms with Gasteiger partial charge in [-0.3, -0.25) is 0 Å². The Kier molecular flexibility index (Phi) is 10.8. The van der Waals surface area contributed by atoms with Crippen molar-refractivity contribution in [1.29, 1.82) is 0 Å². The van der Waals surface area contributed by atoms with Crippen molar-refractivity contribution in [2.75, 3.05) is 13.2 Å². The summed E-state index contributed by atoms with van der Waals surface area (Å²) in [5, 5.41) is 64.4. The van der Waals surface area contributed by atoms with Gasteiger partial charge in [0.05, 0.1) is 37.6 Å². The van der Waals surface area contributed by atoms with Crippen molar-refractivity contribution >= 4 is 33.7 Å². The third-order valence-corrected chi connectivity index (χ3v) is 9.62. The van der Waals surface area contributed by atoms with Crippen molar-refractivity contribution in [3.05, 3.63) is 92.1 Å². The molecule has 0 amide bonds. The van der Waals surface area contributed by atoms with Gasteiger partial charge in [0.1, 0.15) is 82.5 Å². The maximum atomic E-state index is 13.7. The Balaban J connectivity index is 1.17. The quantitative estimate of drug-likeness (QED) is 0.122. The topological polar surface area (TPSA) is 219 Å². The summed E-state index contributed by atoms with van der Waals surface area (Å²) in [6, 6.07) is 9.80. The molecule has 2 saturated heterocycles. The predicted octanol–water partition coefficient (Wildman–Crippen LogP) is 0.259. The standard InChI is InChI=1S/C32H32F2O14S/c33-17-1-3-19-13(7-17)5-15(29(41)45-19)11-43-27-23(37)21(9-35)47-31(25(27)39)49-32-26(40)28(24(38)22(10-36)48-32)44-12-16-6-14-8-18(34)2-4-20(14)46-30(16)42/h1-8,21-28,31-32,35-40H,9-12H2/t21?,22?,23-,24-,25+,26?,27?,28-,31-,32-/m0/s1. The minimum Gasteiger partial charge on any atom is -0.422 e. The molecule has 6 rings (SSSR count). The van der Waals surface area contributed by atoms with Crippen LogP contribution < -0.4 is 11.3 Å². The highest BCUT2D eigenvalue weighted by Gasteiger charge is 2.51. The molecule has 2 fully saturated rings. The molecular weight excluding hydrogens is 678 g/mol. The van der Waals surface area contributed by atoms with Gasteiger partial charge in [0, 0.05) is 10.8 Å². The Morgan fingerprint density at radius 2 is 1.04 bits per heavy atom. The molecule has 264 valence electrons. The molecular formula is C32H32F2O14S. The van der Waals surface area contributed by atoms with Crippen molar-refractivity contribution in [2.45, 2.75) is 72.9 Å². The summed E-state index contributed by atoms with van der Waals surface area (Å²) in [5.41, 5.74) is -4.15. The third kappa shape index (κ3) is 7.42. The molecule has 14 nitrogen and oxygen atoms in total. The van der Waals surface area contributed by atoms with Crippen LogP contribution in [0, 0.1) is 11.6 Å². The molecule has 17 heteroatoms. The van der Waals surface area contributed by atoms with Crippen LogP contribution in [0.2, 0.25) is 0 Å². The van der Waals surface area contributed by atoms with Gasteiger partial charge in [-0.05, 0) is 48.5 Å². The number of thioether (sulfide) groups is 1. The highest BCUT2D eigenvalue weighted by molar-refractivity contribution is 8.00. The number of aliphatic hydroxyl groups excluding tert-OH is 6. The summed E-state index contributed by atoms with van der Waals surface area (Å²) in [6.45, 7) is -2.43. The molecule has 2 aliphatic heterocycles. The van der Waals surface area contributed by atoms with E-state index in [1.54, 1.807) is 0 Å². The zero-order valence-electron chi connectivity index (χ0n) is 25.3. The molecule has 49 heavy (non-hydrogen) atoms. The summed E-state index contributed by atoms with van der Waals surface area (Å²) in [7, 11) is 0. The Morgan fingerprint density at radius 1 is 0.633 bits per heavy atom. The van der Waals surface area contributed by atoms with Crippen LogP contribution in [0.25, 0.3) is 21.9 Å². The van der Waals surface area contributed by atoms with Gasteiger partial charge in [0.15, 0.2) is 0 Å². The van der Waals surface area contributed by atoms with Gasteiger partial charge in [-0.25, -0.2) is 18.4 Å². The lowest BCUT2D eigenvalue weighted by Gasteiger charge is -2.46. The Bertz CT molecular complexity index is 1770. The van der Waals surface area contributed by atoms with E-state index in [1.165, 1.54) is 24.3 Å². The molecule has 4 heterocycles. The SMILES string of the molecule is O=c1oc2ccc(F)cc2cc1COC1[C@@H](O)C(CO)O[C@@H](S[C@@H]2OC(CO)[C@H](O)[C@H](OCc3cc4cc(F)ccc4oc3=O)C2O)[C@@H]1O. The average Bonchev–Trinajstić information content (AvgIpc) is 3.07. The molecule has 10 atom stereocenters. The average molecular weight is 711 g/mol. The number of fused-ring (bicyclic) bond motifs is 2. The molecule has 2 aromatic carbocycles. The lowest BCUT2D eigenvalue weighted by atomic mass is 9.99. The van der Waals surface area contributed by atoms with E-state index in [4.69, 9.17) is 27.8 Å². The van der Waals surface area contributed by atoms with Crippen molar-refractivity contribution in [2.24, 2.45) is 0 Å². The number of ether oxygens (including phenoxy) is 4. The number of aliphatic hydroxyl groups is 6. The summed E-state index contributed by atoms with van der Waals surface area (Å²) >= 11 is 0.671. The maximum absolute atomic E-state index is 13.7. The zero-order chi connectivity index (χ0) is 35.0. The summed E-state index contributed by atoms with van der Waals surface area (Å²) in [5.74, 6) is -1.14. The van der Waals surface area contributed by atoms with Gasteiger partial charge in [0.2, 0.25) is 0 Å². The first-order valence-electron chi connectivity index (χ1n) is 15.1. The molecule has 0 aliphatic carbocycles. The first-order valence-corrected chi connectivity index (χ1v) is 16.0. The van der Waals surface area contributed by atoms with Crippen molar-refractivity contribution in [1.82, 2.24) is 0 Å². The highest BCUT2D eigenvalue weighted by Crippen LogP contribution is 2.38. The van der Waals surface area contributed by atoms with Gasteiger partial charge in [-0.1, -0.05) is 11.8 Å². The number of rotatable bonds is 10. The van der Waals surface area contributed by atoms with E-state index in [0.29, 0.717) is 11.8 Å². The van der Waals surface area contributed by atoms with Crippen molar-refractivity contribution in [3.63, 3.8) is 0 Å². The van der Waals surface area contributed by atoms with Crippen LogP contribution in [0.1, 0.15) is 11.1 Å². The largest absolute Gasteiger partial charge is 0.422 e. The van der Waals surface area contributed by atoms with Gasteiger partial charge in [-0.15, -0.1) is 0 Å². The highest BCUT2D eigenvalue weighted by atomic mass is 32.2. The van der Waals surface area contributed by atoms with E-state index in [2.05, 4.69) is 0 Å². The Labute approximate surface area is 279 Å². The van der Waals surface area contributed by atoms with Crippen molar-refractivity contribution < 1.29 is 67.2 Å². The molecule has 2 aromatic heterocycles. The van der Waals surface area contributed by atoms with E-state index in [-0.39, 0.29) is 33.1 Å². The summed E-state index contributed by atoms with van der Waals surface area (Å²) in [4.78, 5) is 25.0. The Hall–Kier alpha value is -3.33. The normalized spacial score (nSPS) is 30.6. The summed E-state index contributed by atoms with van der Waals surface area (Å²) < 4.78 is 60.7. The number of halogens is 2. The third-order valence-electron chi connectivity index (χ3n) is 8.31. The second-order valence-corrected chi connectivity index (χ2v) is 12.8. The lowest BCUT2D eigenvalue weighted by molar-refractivity contribution is -0.231. The van der Waals surface area contributed by atoms with Crippen LogP contribution in [-0.4, -0.2) is 104 Å². The summed E-state index contributed by atoms with van der Waals surface area (Å²) in [6.07, 6.45) is -12.1. The van der Waals surface area contributed by atoms with Crippen LogP contribution in [0.15, 0.2) is 67.0 Å². The van der Waals surface area contributed by atoms with E-state index in [1.807, 2.05) is 0 Å². The van der Waals surface area contributed by atoms with Gasteiger partial charge >= 0.3 is 11.3 Å². The number of hydrogen-bond donors (Lipinski definition) is 6. The van der Waals surface area contributed by atoms with E-state index < -0.39 is 109 Å². The maximum Gasteiger partial charge on any atom is 0.341 e. The second-order valence-electron chi connectivity index (χ2n) is 11.6. The minimum absolute atomic E-state index is 0.0508. The predicted molar refractivity (Wildman–Crippen MR) is 165 cm³/mol. The molecule has 0 saturated carbocycles. The van der Waals surface area contributed by atoms with Gasteiger partial charge in [-0.2, -0.15) is 0 Å². The molecule has 6 N–H and O–H groups in total. The van der Waals surface area contributed by atoms with E-state index in [9.17, 15) is 49.0 Å². The van der Waals surface area contributed by atoms with E-state index in [0.717, 1.165) is 24.3 Å². The van der Waals surface area contributed by atoms with Crippen molar-refractivity contribution in [3.8, 4) is 0 Å². The molecule has 0 spiro atoms. The van der Waals surface area contributed by atoms with Crippen LogP contribution in [0.5, 0.6) is 0 Å². The number of benzene rings is 2. The smallest absolute Gasteiger partial charge is 0.341 e. The first kappa shape index (κ1) is 35.5. The molecule has 4 aromatic rings. The van der Waals surface area contributed by atoms with Gasteiger partial charge < -0.3 is 58.4 Å². The monoisotopic (exact) mass is 710 g/mol. The van der Waals surface area contributed by atoms with Crippen LogP contribution in [-0.2, 0) is 32.2 Å². The van der Waals surface area contributed by atoms with E-state index >= 15 is 0 Å². The molecule has 0 radical (unpaired) electrons. The Morgan fingerprint density at radius 3 is 1.43 bits per heavy atom. The van der Waals surface area contributed by atoms with Crippen LogP contribution >= 0.6 is 11.8 Å². The zero-order valence-corrected chi connectivity index (χ0v) is 26.2. The molecule has 4 unspecified atom stereocenters. The van der Waals surface area contributed by atoms with Crippen LogP contribution in [0.3, 0.4) is 0 Å². The first-order chi connectivity index (χ1) is 23.5. The molecule has 2 aliphatic rings. The van der Waals surface area contributed by atoms with Gasteiger partial charge in [0.25, 0.3) is 0 Å². The number of hydrogen-bond acceptors (Lipinski definition) is 15.